The summed E-state index contributed by atoms with van der Waals surface area (Å²) in [5.41, 5.74) is 0. The average Bonchev–Trinajstić information content (AvgIpc) is 3.42. The van der Waals surface area contributed by atoms with E-state index in [4.69, 9.17) is 4.42 Å². The van der Waals surface area contributed by atoms with Gasteiger partial charge in [0, 0.05) is 19.3 Å². The summed E-state index contributed by atoms with van der Waals surface area (Å²) in [4.78, 5) is 1.06. The molecule has 0 N–H and O–H groups in total. The van der Waals surface area contributed by atoms with E-state index in [2.05, 4.69) is 15.3 Å². The number of hydrogen-bond donors (Lipinski definition) is 0. The van der Waals surface area contributed by atoms with Crippen molar-refractivity contribution >= 4 is 21.4 Å². The molecule has 1 aliphatic rings. The monoisotopic (exact) mass is 379 g/mol. The quantitative estimate of drug-likeness (QED) is 0.676. The van der Waals surface area contributed by atoms with E-state index >= 15 is 0 Å². The smallest absolute Gasteiger partial charge is 0.257 e. The number of hydrogen-bond acceptors (Lipinski definition) is 7. The molecule has 10 heteroatoms. The van der Waals surface area contributed by atoms with Crippen LogP contribution in [0.5, 0.6) is 0 Å². The third-order valence-electron chi connectivity index (χ3n) is 4.20. The van der Waals surface area contributed by atoms with Crippen LogP contribution in [0.15, 0.2) is 39.2 Å². The number of aromatic nitrogens is 4. The summed E-state index contributed by atoms with van der Waals surface area (Å²) >= 11 is 1.50. The Morgan fingerprint density at radius 1 is 1.40 bits per heavy atom. The number of nitrogens with zero attached hydrogens (tertiary/aromatic N) is 5. The molecule has 8 nitrogen and oxygen atoms in total. The van der Waals surface area contributed by atoms with Crippen LogP contribution >= 0.6 is 11.3 Å². The van der Waals surface area contributed by atoms with Crippen molar-refractivity contribution < 1.29 is 12.8 Å². The highest BCUT2D eigenvalue weighted by Gasteiger charge is 2.39. The maximum absolute atomic E-state index is 13.0. The minimum atomic E-state index is -3.64. The second-order valence-electron chi connectivity index (χ2n) is 5.73. The van der Waals surface area contributed by atoms with Crippen molar-refractivity contribution in [1.29, 1.82) is 0 Å². The zero-order valence-corrected chi connectivity index (χ0v) is 15.2. The van der Waals surface area contributed by atoms with Crippen molar-refractivity contribution in [2.24, 2.45) is 0 Å². The molecule has 0 saturated carbocycles. The van der Waals surface area contributed by atoms with Gasteiger partial charge in [-0.1, -0.05) is 6.07 Å². The first-order valence-electron chi connectivity index (χ1n) is 8.01. The molecule has 1 aliphatic heterocycles. The molecular weight excluding hydrogens is 362 g/mol. The van der Waals surface area contributed by atoms with Crippen LogP contribution in [0.4, 0.5) is 0 Å². The van der Waals surface area contributed by atoms with Crippen LogP contribution in [0.25, 0.3) is 10.8 Å². The summed E-state index contributed by atoms with van der Waals surface area (Å²) in [6, 6.07) is 3.36. The number of aryl methyl sites for hydroxylation is 1. The first-order chi connectivity index (χ1) is 12.1. The molecule has 0 bridgehead atoms. The summed E-state index contributed by atoms with van der Waals surface area (Å²) < 4.78 is 34.7. The minimum absolute atomic E-state index is 0.194. The first-order valence-corrected chi connectivity index (χ1v) is 10.3. The maximum Gasteiger partial charge on any atom is 0.257 e. The standard InChI is InChI=1S/C15H17N5O3S2/c1-2-19-10-11(9-16-19)25(21,22)20-7-3-5-12(20)14-17-18-15(23-14)13-6-4-8-24-13/h4,6,8-10,12H,2-3,5,7H2,1H3/t12-/m1/s1. The highest BCUT2D eigenvalue weighted by Crippen LogP contribution is 2.37. The van der Waals surface area contributed by atoms with Gasteiger partial charge in [0.15, 0.2) is 0 Å². The lowest BCUT2D eigenvalue weighted by Crippen LogP contribution is -2.30. The predicted molar refractivity (Wildman–Crippen MR) is 91.4 cm³/mol. The van der Waals surface area contributed by atoms with Gasteiger partial charge in [0.25, 0.3) is 5.89 Å². The second kappa shape index (κ2) is 6.36. The Bertz CT molecular complexity index is 961. The van der Waals surface area contributed by atoms with E-state index in [1.807, 2.05) is 24.4 Å². The van der Waals surface area contributed by atoms with Gasteiger partial charge in [-0.05, 0) is 31.2 Å². The topological polar surface area (TPSA) is 94.1 Å². The molecule has 25 heavy (non-hydrogen) atoms. The van der Waals surface area contributed by atoms with Crippen molar-refractivity contribution in [2.45, 2.75) is 37.2 Å². The Balaban J connectivity index is 1.64. The third kappa shape index (κ3) is 2.90. The summed E-state index contributed by atoms with van der Waals surface area (Å²) in [7, 11) is -3.64. The van der Waals surface area contributed by atoms with E-state index in [9.17, 15) is 8.42 Å². The van der Waals surface area contributed by atoms with Crippen molar-refractivity contribution in [1.82, 2.24) is 24.3 Å². The van der Waals surface area contributed by atoms with Gasteiger partial charge in [-0.25, -0.2) is 8.42 Å². The SMILES string of the molecule is CCn1cc(S(=O)(=O)N2CCC[C@@H]2c2nnc(-c3cccs3)o2)cn1. The molecule has 4 rings (SSSR count). The van der Waals surface area contributed by atoms with Gasteiger partial charge in [-0.2, -0.15) is 9.40 Å². The lowest BCUT2D eigenvalue weighted by atomic mass is 10.2. The number of thiophene rings is 1. The molecule has 132 valence electrons. The predicted octanol–water partition coefficient (Wildman–Crippen LogP) is 2.54. The lowest BCUT2D eigenvalue weighted by Gasteiger charge is -2.20. The second-order valence-corrected chi connectivity index (χ2v) is 8.57. The van der Waals surface area contributed by atoms with Crippen molar-refractivity contribution in [3.63, 3.8) is 0 Å². The molecule has 4 heterocycles. The van der Waals surface area contributed by atoms with Crippen molar-refractivity contribution in [3.05, 3.63) is 35.8 Å². The van der Waals surface area contributed by atoms with Crippen LogP contribution < -0.4 is 0 Å². The normalized spacial score (nSPS) is 18.8. The van der Waals surface area contributed by atoms with Crippen molar-refractivity contribution in [3.8, 4) is 10.8 Å². The zero-order valence-electron chi connectivity index (χ0n) is 13.6. The Hall–Kier alpha value is -2.04. The molecule has 0 amide bonds. The largest absolute Gasteiger partial charge is 0.418 e. The Morgan fingerprint density at radius 2 is 2.28 bits per heavy atom. The van der Waals surface area contributed by atoms with E-state index in [-0.39, 0.29) is 4.90 Å². The molecule has 3 aromatic heterocycles. The molecule has 1 atom stereocenters. The van der Waals surface area contributed by atoms with Crippen LogP contribution in [0.3, 0.4) is 0 Å². The van der Waals surface area contributed by atoms with Gasteiger partial charge in [0.1, 0.15) is 10.9 Å². The fraction of sp³-hybridized carbons (Fsp3) is 0.400. The average molecular weight is 379 g/mol. The first kappa shape index (κ1) is 16.4. The van der Waals surface area contributed by atoms with Gasteiger partial charge in [0.2, 0.25) is 15.9 Å². The van der Waals surface area contributed by atoms with Crippen LogP contribution in [0.1, 0.15) is 31.7 Å². The molecule has 0 spiro atoms. The van der Waals surface area contributed by atoms with Crippen LogP contribution in [0.2, 0.25) is 0 Å². The van der Waals surface area contributed by atoms with Crippen LogP contribution in [-0.4, -0.2) is 39.2 Å². The fourth-order valence-electron chi connectivity index (χ4n) is 2.93. The van der Waals surface area contributed by atoms with E-state index in [1.54, 1.807) is 10.9 Å². The number of sulfonamides is 1. The van der Waals surface area contributed by atoms with Gasteiger partial charge < -0.3 is 4.42 Å². The molecule has 0 aromatic carbocycles. The van der Waals surface area contributed by atoms with Crippen LogP contribution in [-0.2, 0) is 16.6 Å². The number of rotatable bonds is 5. The van der Waals surface area contributed by atoms with Gasteiger partial charge >= 0.3 is 0 Å². The summed E-state index contributed by atoms with van der Waals surface area (Å²) in [6.07, 6.45) is 4.35. The molecule has 1 fully saturated rings. The van der Waals surface area contributed by atoms with Gasteiger partial charge in [0.05, 0.1) is 11.1 Å². The van der Waals surface area contributed by atoms with Gasteiger partial charge in [-0.15, -0.1) is 21.5 Å². The molecule has 3 aromatic rings. The molecular formula is C15H17N5O3S2. The third-order valence-corrected chi connectivity index (χ3v) is 6.92. The van der Waals surface area contributed by atoms with E-state index in [0.717, 1.165) is 11.3 Å². The Labute approximate surface area is 149 Å². The fourth-order valence-corrected chi connectivity index (χ4v) is 5.18. The molecule has 0 radical (unpaired) electrons. The molecule has 0 aliphatic carbocycles. The summed E-state index contributed by atoms with van der Waals surface area (Å²) in [6.45, 7) is 2.96. The lowest BCUT2D eigenvalue weighted by molar-refractivity contribution is 0.332. The zero-order chi connectivity index (χ0) is 17.4. The van der Waals surface area contributed by atoms with E-state index < -0.39 is 16.1 Å². The summed E-state index contributed by atoms with van der Waals surface area (Å²) in [5.74, 6) is 0.764. The Morgan fingerprint density at radius 3 is 3.00 bits per heavy atom. The van der Waals surface area contributed by atoms with E-state index in [1.165, 1.54) is 21.8 Å². The highest BCUT2D eigenvalue weighted by atomic mass is 32.2. The Kier molecular flexibility index (Phi) is 4.18. The van der Waals surface area contributed by atoms with E-state index in [0.29, 0.717) is 31.3 Å². The minimum Gasteiger partial charge on any atom is -0.418 e. The highest BCUT2D eigenvalue weighted by molar-refractivity contribution is 7.89. The molecule has 1 saturated heterocycles. The summed E-state index contributed by atoms with van der Waals surface area (Å²) in [5, 5.41) is 14.2. The molecule has 0 unspecified atom stereocenters. The van der Waals surface area contributed by atoms with Crippen molar-refractivity contribution in [2.75, 3.05) is 6.54 Å². The van der Waals surface area contributed by atoms with Gasteiger partial charge in [-0.3, -0.25) is 4.68 Å². The maximum atomic E-state index is 13.0. The van der Waals surface area contributed by atoms with Crippen LogP contribution in [0, 0.1) is 0 Å².